The van der Waals surface area contributed by atoms with Gasteiger partial charge in [0.1, 0.15) is 6.54 Å². The molecule has 4 rings (SSSR count). The monoisotopic (exact) mass is 408 g/mol. The Balaban J connectivity index is 0.00000150. The summed E-state index contributed by atoms with van der Waals surface area (Å²) in [6.07, 6.45) is 1.82. The van der Waals surface area contributed by atoms with Crippen LogP contribution < -0.4 is 34.3 Å². The second kappa shape index (κ2) is 8.39. The van der Waals surface area contributed by atoms with Crippen molar-refractivity contribution in [3.63, 3.8) is 0 Å². The van der Waals surface area contributed by atoms with Gasteiger partial charge < -0.3 is 11.1 Å². The molecule has 1 heterocycles. The van der Waals surface area contributed by atoms with Gasteiger partial charge in [0.2, 0.25) is 10.0 Å². The first-order valence-electron chi connectivity index (χ1n) is 8.84. The van der Waals surface area contributed by atoms with Crippen LogP contribution in [0.1, 0.15) is 19.1 Å². The van der Waals surface area contributed by atoms with E-state index >= 15 is 0 Å². The molecule has 3 aromatic rings. The van der Waals surface area contributed by atoms with E-state index in [4.69, 9.17) is 0 Å². The summed E-state index contributed by atoms with van der Waals surface area (Å²) in [4.78, 5) is 11.5. The number of hydrogen-bond acceptors (Lipinski definition) is 3. The van der Waals surface area contributed by atoms with Gasteiger partial charge in [-0.15, -0.1) is 0 Å². The number of carboxylic acid groups (broad SMARTS) is 1. The van der Waals surface area contributed by atoms with E-state index < -0.39 is 16.0 Å². The smallest absolute Gasteiger partial charge is 1.00 e. The van der Waals surface area contributed by atoms with Gasteiger partial charge >= 0.3 is 35.5 Å². The zero-order valence-corrected chi connectivity index (χ0v) is 18.4. The van der Waals surface area contributed by atoms with E-state index in [1.165, 1.54) is 0 Å². The Kier molecular flexibility index (Phi) is 6.31. The van der Waals surface area contributed by atoms with Crippen LogP contribution in [0, 0.1) is 0 Å². The summed E-state index contributed by atoms with van der Waals surface area (Å²) in [5, 5.41) is 10.3. The van der Waals surface area contributed by atoms with Crippen LogP contribution in [0.25, 0.3) is 10.9 Å². The van der Waals surface area contributed by atoms with Crippen molar-refractivity contribution in [3.8, 4) is 0 Å². The van der Waals surface area contributed by atoms with E-state index in [1.54, 1.807) is 30.3 Å². The third kappa shape index (κ3) is 4.04. The molecule has 0 radical (unpaired) electrons. The molecular weight excluding hydrogens is 387 g/mol. The molecule has 0 saturated heterocycles. The Morgan fingerprint density at radius 3 is 2.54 bits per heavy atom. The Morgan fingerprint density at radius 2 is 1.82 bits per heavy atom. The van der Waals surface area contributed by atoms with Crippen LogP contribution in [0.15, 0.2) is 59.5 Å². The fraction of sp³-hybridized carbons (Fsp3) is 0.250. The SMILES string of the molecule is O=C(O)Cn1c2c(c3ccccc31)CC(NS(=O)(=O)c1ccccc1)CC2.[H-].[Na+]. The molecule has 0 saturated carbocycles. The number of carboxylic acids is 1. The van der Waals surface area contributed by atoms with E-state index in [2.05, 4.69) is 4.72 Å². The van der Waals surface area contributed by atoms with Crippen molar-refractivity contribution in [1.82, 2.24) is 9.29 Å². The fourth-order valence-corrected chi connectivity index (χ4v) is 5.20. The number of fused-ring (bicyclic) bond motifs is 3. The van der Waals surface area contributed by atoms with Crippen molar-refractivity contribution in [1.29, 1.82) is 0 Å². The van der Waals surface area contributed by atoms with Gasteiger partial charge in [-0.3, -0.25) is 4.79 Å². The number of para-hydroxylation sites is 1. The number of hydrogen-bond donors (Lipinski definition) is 2. The summed E-state index contributed by atoms with van der Waals surface area (Å²) < 4.78 is 29.9. The van der Waals surface area contributed by atoms with Crippen molar-refractivity contribution in [3.05, 3.63) is 65.9 Å². The molecule has 6 nitrogen and oxygen atoms in total. The normalized spacial score (nSPS) is 16.4. The second-order valence-electron chi connectivity index (χ2n) is 6.80. The predicted molar refractivity (Wildman–Crippen MR) is 103 cm³/mol. The summed E-state index contributed by atoms with van der Waals surface area (Å²) in [6, 6.07) is 15.8. The van der Waals surface area contributed by atoms with Gasteiger partial charge in [-0.2, -0.15) is 0 Å². The minimum absolute atomic E-state index is 0. The molecule has 1 atom stereocenters. The zero-order valence-electron chi connectivity index (χ0n) is 16.6. The largest absolute Gasteiger partial charge is 1.00 e. The summed E-state index contributed by atoms with van der Waals surface area (Å²) in [5.41, 5.74) is 2.92. The first-order chi connectivity index (χ1) is 13.0. The molecule has 8 heteroatoms. The van der Waals surface area contributed by atoms with Gasteiger partial charge in [0, 0.05) is 22.6 Å². The molecule has 28 heavy (non-hydrogen) atoms. The summed E-state index contributed by atoms with van der Waals surface area (Å²) in [7, 11) is -3.58. The fourth-order valence-electron chi connectivity index (χ4n) is 3.90. The number of nitrogens with one attached hydrogen (secondary N) is 1. The Morgan fingerprint density at radius 1 is 1.14 bits per heavy atom. The average molecular weight is 408 g/mol. The van der Waals surface area contributed by atoms with Gasteiger partial charge in [0.25, 0.3) is 0 Å². The van der Waals surface area contributed by atoms with Gasteiger partial charge in [-0.05, 0) is 43.0 Å². The van der Waals surface area contributed by atoms with Gasteiger partial charge in [0.15, 0.2) is 0 Å². The number of aromatic nitrogens is 1. The van der Waals surface area contributed by atoms with E-state index in [9.17, 15) is 18.3 Å². The first kappa shape index (κ1) is 21.1. The molecule has 0 fully saturated rings. The molecule has 0 amide bonds. The maximum Gasteiger partial charge on any atom is 1.00 e. The minimum atomic E-state index is -3.58. The maximum atomic E-state index is 12.6. The Bertz CT molecular complexity index is 1120. The number of aliphatic carboxylic acids is 1. The zero-order chi connectivity index (χ0) is 19.0. The van der Waals surface area contributed by atoms with Crippen LogP contribution in [-0.2, 0) is 34.2 Å². The van der Waals surface area contributed by atoms with E-state index in [1.807, 2.05) is 28.8 Å². The third-order valence-electron chi connectivity index (χ3n) is 5.04. The van der Waals surface area contributed by atoms with Crippen molar-refractivity contribution in [2.75, 3.05) is 0 Å². The molecule has 0 spiro atoms. The van der Waals surface area contributed by atoms with Crippen LogP contribution >= 0.6 is 0 Å². The third-order valence-corrected chi connectivity index (χ3v) is 6.58. The van der Waals surface area contributed by atoms with Crippen LogP contribution in [-0.4, -0.2) is 30.1 Å². The molecule has 1 aliphatic carbocycles. The topological polar surface area (TPSA) is 88.4 Å². The number of nitrogens with zero attached hydrogens (tertiary/aromatic N) is 1. The quantitative estimate of drug-likeness (QED) is 0.567. The molecule has 1 aromatic heterocycles. The van der Waals surface area contributed by atoms with Gasteiger partial charge in [-0.25, -0.2) is 13.1 Å². The van der Waals surface area contributed by atoms with E-state index in [-0.39, 0.29) is 48.5 Å². The van der Waals surface area contributed by atoms with Crippen LogP contribution in [0.4, 0.5) is 0 Å². The summed E-state index contributed by atoms with van der Waals surface area (Å²) >= 11 is 0. The minimum Gasteiger partial charge on any atom is -1.00 e. The standard InChI is InChI=1S/C20H20N2O4S.Na.H/c23-20(24)13-22-18-9-5-4-8-16(18)17-12-14(10-11-19(17)22)21-27(25,26)15-6-2-1-3-7-15;;/h1-9,14,21H,10-13H2,(H,23,24);;/q;+1;-1. The molecule has 0 bridgehead atoms. The van der Waals surface area contributed by atoms with Crippen molar-refractivity contribution >= 4 is 26.9 Å². The molecule has 2 aromatic carbocycles. The summed E-state index contributed by atoms with van der Waals surface area (Å²) in [5.74, 6) is -0.884. The Labute approximate surface area is 187 Å². The van der Waals surface area contributed by atoms with E-state index in [0.29, 0.717) is 19.3 Å². The molecule has 2 N–H and O–H groups in total. The van der Waals surface area contributed by atoms with Crippen molar-refractivity contribution in [2.45, 2.75) is 36.7 Å². The number of rotatable bonds is 5. The first-order valence-corrected chi connectivity index (χ1v) is 10.3. The van der Waals surface area contributed by atoms with Crippen LogP contribution in [0.2, 0.25) is 0 Å². The second-order valence-corrected chi connectivity index (χ2v) is 8.51. The molecule has 0 aliphatic heterocycles. The molecule has 1 unspecified atom stereocenters. The molecule has 1 aliphatic rings. The van der Waals surface area contributed by atoms with Crippen molar-refractivity contribution in [2.24, 2.45) is 0 Å². The summed E-state index contributed by atoms with van der Waals surface area (Å²) in [6.45, 7) is -0.0870. The van der Waals surface area contributed by atoms with Crippen LogP contribution in [0.3, 0.4) is 0 Å². The van der Waals surface area contributed by atoms with Gasteiger partial charge in [-0.1, -0.05) is 36.4 Å². The number of carbonyl (C=O) groups is 1. The predicted octanol–water partition coefficient (Wildman–Crippen LogP) is -0.322. The number of benzene rings is 2. The maximum absolute atomic E-state index is 12.6. The van der Waals surface area contributed by atoms with Crippen LogP contribution in [0.5, 0.6) is 0 Å². The molecule has 142 valence electrons. The van der Waals surface area contributed by atoms with Gasteiger partial charge in [0.05, 0.1) is 4.90 Å². The Hall–Kier alpha value is -1.64. The van der Waals surface area contributed by atoms with E-state index in [0.717, 1.165) is 22.2 Å². The number of sulfonamides is 1. The average Bonchev–Trinajstić information content (AvgIpc) is 2.95. The van der Waals surface area contributed by atoms with Crippen molar-refractivity contribution < 1.29 is 49.3 Å². The molecular formula is C20H21N2NaO4S.